The molecule has 0 bridgehead atoms. The summed E-state index contributed by atoms with van der Waals surface area (Å²) < 4.78 is 0. The van der Waals surface area contributed by atoms with Gasteiger partial charge in [0.05, 0.1) is 12.7 Å². The smallest absolute Gasteiger partial charge is 0.0657 e. The molecule has 0 heterocycles. The van der Waals surface area contributed by atoms with Crippen LogP contribution in [0.5, 0.6) is 0 Å². The molecule has 3 heteroatoms. The maximum absolute atomic E-state index is 9.87. The molecule has 2 rings (SSSR count). The highest BCUT2D eigenvalue weighted by atomic mass is 16.7. The summed E-state index contributed by atoms with van der Waals surface area (Å²) in [6, 6.07) is 10.7. The second-order valence-electron chi connectivity index (χ2n) is 5.15. The van der Waals surface area contributed by atoms with Gasteiger partial charge in [0.2, 0.25) is 0 Å². The van der Waals surface area contributed by atoms with Gasteiger partial charge in [0.25, 0.3) is 0 Å². The third kappa shape index (κ3) is 3.31. The Hall–Kier alpha value is -0.900. The topological polar surface area (TPSA) is 32.7 Å². The first-order valence-electron chi connectivity index (χ1n) is 6.82. The quantitative estimate of drug-likeness (QED) is 0.814. The molecule has 0 aliphatic heterocycles. The summed E-state index contributed by atoms with van der Waals surface area (Å²) in [7, 11) is 0. The molecule has 0 amide bonds. The number of hydrogen-bond donors (Lipinski definition) is 1. The summed E-state index contributed by atoms with van der Waals surface area (Å²) in [6.45, 7) is 5.58. The summed E-state index contributed by atoms with van der Waals surface area (Å²) in [4.78, 5) is 5.75. The molecule has 18 heavy (non-hydrogen) atoms. The summed E-state index contributed by atoms with van der Waals surface area (Å²) in [5.74, 6) is 0.369. The average Bonchev–Trinajstić information content (AvgIpc) is 2.70. The summed E-state index contributed by atoms with van der Waals surface area (Å²) in [6.07, 6.45) is 1.64. The minimum atomic E-state index is -0.186. The minimum absolute atomic E-state index is 0.186. The monoisotopic (exact) mass is 249 g/mol. The number of nitrogens with zero attached hydrogens (tertiary/aromatic N) is 1. The summed E-state index contributed by atoms with van der Waals surface area (Å²) in [5, 5.41) is 11.9. The van der Waals surface area contributed by atoms with E-state index in [2.05, 4.69) is 19.1 Å². The second-order valence-corrected chi connectivity index (χ2v) is 5.15. The van der Waals surface area contributed by atoms with Gasteiger partial charge in [-0.15, -0.1) is 0 Å². The Kier molecular flexibility index (Phi) is 4.75. The second kappa shape index (κ2) is 6.32. The molecule has 1 aromatic rings. The van der Waals surface area contributed by atoms with E-state index >= 15 is 0 Å². The van der Waals surface area contributed by atoms with Gasteiger partial charge in [-0.25, -0.2) is 0 Å². The fourth-order valence-electron chi connectivity index (χ4n) is 2.64. The van der Waals surface area contributed by atoms with Crippen LogP contribution >= 0.6 is 0 Å². The Bertz CT molecular complexity index is 345. The van der Waals surface area contributed by atoms with Gasteiger partial charge in [-0.05, 0) is 31.2 Å². The van der Waals surface area contributed by atoms with Crippen LogP contribution in [-0.2, 0) is 11.4 Å². The number of aliphatic hydroxyl groups is 1. The Morgan fingerprint density at radius 1 is 1.28 bits per heavy atom. The molecule has 100 valence electrons. The van der Waals surface area contributed by atoms with Crippen LogP contribution in [0.4, 0.5) is 0 Å². The van der Waals surface area contributed by atoms with Crippen molar-refractivity contribution < 1.29 is 9.94 Å². The van der Waals surface area contributed by atoms with Gasteiger partial charge in [-0.2, -0.15) is 5.06 Å². The van der Waals surface area contributed by atoms with E-state index in [4.69, 9.17) is 4.84 Å². The van der Waals surface area contributed by atoms with Crippen LogP contribution < -0.4 is 0 Å². The van der Waals surface area contributed by atoms with Crippen molar-refractivity contribution in [3.8, 4) is 0 Å². The van der Waals surface area contributed by atoms with Gasteiger partial charge in [-0.1, -0.05) is 37.3 Å². The minimum Gasteiger partial charge on any atom is -0.393 e. The van der Waals surface area contributed by atoms with Crippen LogP contribution in [0.2, 0.25) is 0 Å². The molecule has 1 aromatic carbocycles. The fourth-order valence-corrected chi connectivity index (χ4v) is 2.64. The van der Waals surface area contributed by atoms with Crippen molar-refractivity contribution in [2.24, 2.45) is 5.92 Å². The number of aliphatic hydroxyl groups excluding tert-OH is 1. The fraction of sp³-hybridized carbons (Fsp3) is 0.600. The lowest BCUT2D eigenvalue weighted by molar-refractivity contribution is -0.190. The highest BCUT2D eigenvalue weighted by Crippen LogP contribution is 2.30. The van der Waals surface area contributed by atoms with E-state index in [1.165, 1.54) is 5.56 Å². The van der Waals surface area contributed by atoms with Gasteiger partial charge < -0.3 is 5.11 Å². The number of hydrogen-bond acceptors (Lipinski definition) is 3. The van der Waals surface area contributed by atoms with E-state index in [9.17, 15) is 5.11 Å². The SMILES string of the molecule is CCON(Cc1ccccc1)C1CC(C)C(O)C1. The van der Waals surface area contributed by atoms with Crippen LogP contribution in [0.1, 0.15) is 32.3 Å². The average molecular weight is 249 g/mol. The molecule has 1 aliphatic carbocycles. The molecule has 3 atom stereocenters. The van der Waals surface area contributed by atoms with Crippen molar-refractivity contribution in [2.45, 2.75) is 45.4 Å². The lowest BCUT2D eigenvalue weighted by atomic mass is 10.1. The number of hydroxylamine groups is 2. The molecule has 0 spiro atoms. The van der Waals surface area contributed by atoms with Crippen LogP contribution in [0.25, 0.3) is 0 Å². The molecule has 0 aromatic heterocycles. The van der Waals surface area contributed by atoms with E-state index in [1.807, 2.05) is 30.2 Å². The molecule has 1 N–H and O–H groups in total. The third-order valence-corrected chi connectivity index (χ3v) is 3.70. The van der Waals surface area contributed by atoms with Crippen molar-refractivity contribution in [3.05, 3.63) is 35.9 Å². The maximum Gasteiger partial charge on any atom is 0.0657 e. The Labute approximate surface area is 109 Å². The number of rotatable bonds is 5. The molecule has 3 nitrogen and oxygen atoms in total. The maximum atomic E-state index is 9.87. The van der Waals surface area contributed by atoms with E-state index in [-0.39, 0.29) is 6.10 Å². The van der Waals surface area contributed by atoms with Crippen molar-refractivity contribution in [2.75, 3.05) is 6.61 Å². The predicted octanol–water partition coefficient (Wildman–Crippen LogP) is 2.60. The van der Waals surface area contributed by atoms with E-state index in [0.29, 0.717) is 18.6 Å². The first kappa shape index (κ1) is 13.5. The van der Waals surface area contributed by atoms with Gasteiger partial charge in [0.1, 0.15) is 0 Å². The van der Waals surface area contributed by atoms with Crippen molar-refractivity contribution >= 4 is 0 Å². The standard InChI is InChI=1S/C15H23NO2/c1-3-18-16(11-13-7-5-4-6-8-13)14-9-12(2)15(17)10-14/h4-8,12,14-15,17H,3,9-11H2,1-2H3. The van der Waals surface area contributed by atoms with Crippen molar-refractivity contribution in [3.63, 3.8) is 0 Å². The van der Waals surface area contributed by atoms with Crippen LogP contribution in [-0.4, -0.2) is 28.9 Å². The number of benzene rings is 1. The lowest BCUT2D eigenvalue weighted by Crippen LogP contribution is -2.33. The third-order valence-electron chi connectivity index (χ3n) is 3.70. The van der Waals surface area contributed by atoms with Crippen molar-refractivity contribution in [1.82, 2.24) is 5.06 Å². The van der Waals surface area contributed by atoms with Crippen molar-refractivity contribution in [1.29, 1.82) is 0 Å². The molecular weight excluding hydrogens is 226 g/mol. The van der Waals surface area contributed by atoms with Gasteiger partial charge in [0, 0.05) is 12.6 Å². The first-order chi connectivity index (χ1) is 8.70. The Morgan fingerprint density at radius 2 is 2.00 bits per heavy atom. The lowest BCUT2D eigenvalue weighted by Gasteiger charge is -2.27. The Balaban J connectivity index is 2.00. The molecule has 0 saturated heterocycles. The van der Waals surface area contributed by atoms with Gasteiger partial charge in [0.15, 0.2) is 0 Å². The van der Waals surface area contributed by atoms with Crippen LogP contribution in [0.15, 0.2) is 30.3 Å². The molecule has 1 saturated carbocycles. The Morgan fingerprint density at radius 3 is 2.56 bits per heavy atom. The van der Waals surface area contributed by atoms with E-state index < -0.39 is 0 Å². The zero-order valence-corrected chi connectivity index (χ0v) is 11.2. The zero-order valence-electron chi connectivity index (χ0n) is 11.2. The largest absolute Gasteiger partial charge is 0.393 e. The van der Waals surface area contributed by atoms with Crippen LogP contribution in [0.3, 0.4) is 0 Å². The molecule has 1 fully saturated rings. The molecule has 1 aliphatic rings. The van der Waals surface area contributed by atoms with E-state index in [1.54, 1.807) is 0 Å². The van der Waals surface area contributed by atoms with Gasteiger partial charge >= 0.3 is 0 Å². The van der Waals surface area contributed by atoms with Gasteiger partial charge in [-0.3, -0.25) is 4.84 Å². The molecule has 3 unspecified atom stereocenters. The first-order valence-corrected chi connectivity index (χ1v) is 6.82. The molecule has 0 radical (unpaired) electrons. The van der Waals surface area contributed by atoms with Crippen LogP contribution in [0, 0.1) is 5.92 Å². The zero-order chi connectivity index (χ0) is 13.0. The normalized spacial score (nSPS) is 27.9. The highest BCUT2D eigenvalue weighted by Gasteiger charge is 2.34. The summed E-state index contributed by atoms with van der Waals surface area (Å²) >= 11 is 0. The molecular formula is C15H23NO2. The summed E-state index contributed by atoms with van der Waals surface area (Å²) in [5.41, 5.74) is 1.25. The van der Waals surface area contributed by atoms with E-state index in [0.717, 1.165) is 19.4 Å². The highest BCUT2D eigenvalue weighted by molar-refractivity contribution is 5.14. The predicted molar refractivity (Wildman–Crippen MR) is 71.8 cm³/mol.